The van der Waals surface area contributed by atoms with E-state index in [1.165, 1.54) is 98.0 Å². The van der Waals surface area contributed by atoms with Crippen molar-refractivity contribution >= 4 is 60.8 Å². The Bertz CT molecular complexity index is 2740. The van der Waals surface area contributed by atoms with Crippen molar-refractivity contribution in [3.05, 3.63) is 174 Å². The molecule has 0 bridgehead atoms. The summed E-state index contributed by atoms with van der Waals surface area (Å²) in [5.74, 6) is 0. The molecule has 0 radical (unpaired) electrons. The molecule has 1 aliphatic carbocycles. The van der Waals surface area contributed by atoms with Gasteiger partial charge in [0, 0.05) is 0 Å². The van der Waals surface area contributed by atoms with Crippen LogP contribution >= 0.6 is 0 Å². The van der Waals surface area contributed by atoms with E-state index in [-0.39, 0.29) is 0 Å². The second-order valence-corrected chi connectivity index (χ2v) is 13.3. The van der Waals surface area contributed by atoms with Crippen molar-refractivity contribution in [2.75, 3.05) is 0 Å². The summed E-state index contributed by atoms with van der Waals surface area (Å²) in [5, 5.41) is 13.0. The average Bonchev–Trinajstić information content (AvgIpc) is 3.18. The van der Waals surface area contributed by atoms with E-state index in [0.717, 1.165) is 12.8 Å². The van der Waals surface area contributed by atoms with E-state index < -0.39 is 0 Å². The molecule has 0 nitrogen and oxygen atoms in total. The zero-order chi connectivity index (χ0) is 33.6. The van der Waals surface area contributed by atoms with Crippen LogP contribution in [-0.2, 0) is 0 Å². The maximum absolute atomic E-state index is 2.48. The number of allylic oxidation sites excluding steroid dienone is 4. The van der Waals surface area contributed by atoms with Crippen molar-refractivity contribution in [2.24, 2.45) is 0 Å². The van der Waals surface area contributed by atoms with Gasteiger partial charge in [-0.05, 0) is 125 Å². The lowest BCUT2D eigenvalue weighted by Crippen LogP contribution is -2.32. The van der Waals surface area contributed by atoms with Gasteiger partial charge < -0.3 is 0 Å². The number of hydrogen-bond donors (Lipinski definition) is 0. The van der Waals surface area contributed by atoms with Crippen molar-refractivity contribution < 1.29 is 0 Å². The molecule has 1 aliphatic rings. The van der Waals surface area contributed by atoms with E-state index >= 15 is 0 Å². The summed E-state index contributed by atoms with van der Waals surface area (Å²) in [4.78, 5) is 0. The van der Waals surface area contributed by atoms with Crippen LogP contribution in [0.15, 0.2) is 158 Å². The van der Waals surface area contributed by atoms with Gasteiger partial charge in [0.05, 0.1) is 0 Å². The molecule has 8 aromatic rings. The Labute approximate surface area is 293 Å². The molecule has 0 fully saturated rings. The van der Waals surface area contributed by atoms with Crippen molar-refractivity contribution in [2.45, 2.75) is 26.7 Å². The molecule has 0 aliphatic heterocycles. The third-order valence-corrected chi connectivity index (χ3v) is 10.5. The van der Waals surface area contributed by atoms with Crippen LogP contribution in [0.5, 0.6) is 0 Å². The highest BCUT2D eigenvalue weighted by atomic mass is 14.2. The predicted octanol–water partition coefficient (Wildman–Crippen LogP) is 12.6. The van der Waals surface area contributed by atoms with E-state index in [1.807, 2.05) is 0 Å². The van der Waals surface area contributed by atoms with Crippen LogP contribution < -0.4 is 10.4 Å². The first-order valence-corrected chi connectivity index (χ1v) is 17.8. The van der Waals surface area contributed by atoms with Gasteiger partial charge in [-0.3, -0.25) is 0 Å². The molecule has 8 aromatic carbocycles. The fraction of sp³-hybridized carbons (Fsp3) is 0.0800. The first kappa shape index (κ1) is 30.1. The molecule has 0 amide bonds. The average molecular weight is 639 g/mol. The maximum atomic E-state index is 2.48. The van der Waals surface area contributed by atoms with Gasteiger partial charge in [-0.15, -0.1) is 0 Å². The van der Waals surface area contributed by atoms with Crippen molar-refractivity contribution in [3.8, 4) is 33.4 Å². The van der Waals surface area contributed by atoms with Gasteiger partial charge in [0.1, 0.15) is 0 Å². The highest BCUT2D eigenvalue weighted by molar-refractivity contribution is 6.26. The van der Waals surface area contributed by atoms with Gasteiger partial charge in [-0.1, -0.05) is 170 Å². The molecule has 0 atom stereocenters. The second kappa shape index (κ2) is 12.5. The summed E-state index contributed by atoms with van der Waals surface area (Å²) in [7, 11) is 0. The van der Waals surface area contributed by atoms with E-state index in [4.69, 9.17) is 0 Å². The molecule has 9 rings (SSSR count). The Morgan fingerprint density at radius 2 is 0.960 bits per heavy atom. The van der Waals surface area contributed by atoms with Crippen LogP contribution in [0.3, 0.4) is 0 Å². The van der Waals surface area contributed by atoms with E-state index in [9.17, 15) is 0 Å². The highest BCUT2D eigenvalue weighted by Crippen LogP contribution is 2.46. The van der Waals surface area contributed by atoms with Crippen LogP contribution in [-0.4, -0.2) is 0 Å². The van der Waals surface area contributed by atoms with Crippen LogP contribution in [0.2, 0.25) is 0 Å². The summed E-state index contributed by atoms with van der Waals surface area (Å²) in [6.45, 7) is 4.28. The number of hydrogen-bond acceptors (Lipinski definition) is 0. The normalized spacial score (nSPS) is 13.2. The minimum atomic E-state index is 1.05. The van der Waals surface area contributed by atoms with Gasteiger partial charge in [0.15, 0.2) is 0 Å². The Kier molecular flexibility index (Phi) is 7.51. The fourth-order valence-corrected chi connectivity index (χ4v) is 8.54. The highest BCUT2D eigenvalue weighted by Gasteiger charge is 2.21. The van der Waals surface area contributed by atoms with Gasteiger partial charge in [0.2, 0.25) is 0 Å². The third kappa shape index (κ3) is 4.67. The molecule has 0 saturated carbocycles. The summed E-state index contributed by atoms with van der Waals surface area (Å²) in [6.07, 6.45) is 13.8. The zero-order valence-corrected chi connectivity index (χ0v) is 28.6. The standard InChI is InChI=1S/C50H38/c1-3-18-33(4-2)46-39-23-11-14-26-42(39)48(35-21-9-6-10-22-35)50-38-30-17-29-37(36(38)31-32-45(46)50)49-43-27-15-12-24-40(43)47(34-19-7-5-8-20-34)41-25-13-16-28-44(41)49/h3-10,12-13,15-32H,11,14H2,1-2H3/b18-3-,33-4+. The Morgan fingerprint density at radius 1 is 0.440 bits per heavy atom. The van der Waals surface area contributed by atoms with E-state index in [1.54, 1.807) is 0 Å². The Morgan fingerprint density at radius 3 is 1.56 bits per heavy atom. The SMILES string of the molecule is C/C=C\C(=C/C)c1c2c(c(-c3ccccc3)c3c1ccc1c(-c4c5ccccc5c(-c5ccccc5)c5ccccc45)cccc13)=CCCC=2. The zero-order valence-electron chi connectivity index (χ0n) is 28.6. The van der Waals surface area contributed by atoms with Crippen LogP contribution in [0.25, 0.3) is 94.2 Å². The largest absolute Gasteiger partial charge is 0.0871 e. The quantitative estimate of drug-likeness (QED) is 0.1000. The number of fused-ring (bicyclic) bond motifs is 6. The van der Waals surface area contributed by atoms with Gasteiger partial charge in [0.25, 0.3) is 0 Å². The second-order valence-electron chi connectivity index (χ2n) is 13.3. The summed E-state index contributed by atoms with van der Waals surface area (Å²) in [5.41, 5.74) is 10.3. The molecule has 0 spiro atoms. The van der Waals surface area contributed by atoms with Gasteiger partial charge in [-0.25, -0.2) is 0 Å². The van der Waals surface area contributed by atoms with Crippen molar-refractivity contribution in [1.82, 2.24) is 0 Å². The lowest BCUT2D eigenvalue weighted by atomic mass is 9.81. The molecule has 0 unspecified atom stereocenters. The van der Waals surface area contributed by atoms with Gasteiger partial charge in [-0.2, -0.15) is 0 Å². The lowest BCUT2D eigenvalue weighted by Gasteiger charge is -2.21. The Balaban J connectivity index is 1.47. The predicted molar refractivity (Wildman–Crippen MR) is 219 cm³/mol. The molecule has 0 aromatic heterocycles. The Hall–Kier alpha value is -5.98. The molecule has 0 heteroatoms. The molecule has 0 N–H and O–H groups in total. The van der Waals surface area contributed by atoms with Gasteiger partial charge >= 0.3 is 0 Å². The van der Waals surface area contributed by atoms with Crippen LogP contribution in [0.1, 0.15) is 32.3 Å². The molecular weight excluding hydrogens is 601 g/mol. The molecule has 238 valence electrons. The van der Waals surface area contributed by atoms with Crippen LogP contribution in [0.4, 0.5) is 0 Å². The van der Waals surface area contributed by atoms with Crippen molar-refractivity contribution in [1.29, 1.82) is 0 Å². The first-order valence-electron chi connectivity index (χ1n) is 17.8. The monoisotopic (exact) mass is 638 g/mol. The summed E-state index contributed by atoms with van der Waals surface area (Å²) >= 11 is 0. The van der Waals surface area contributed by atoms with Crippen LogP contribution in [0, 0.1) is 0 Å². The van der Waals surface area contributed by atoms with E-state index in [2.05, 4.69) is 184 Å². The van der Waals surface area contributed by atoms with E-state index in [0.29, 0.717) is 0 Å². The third-order valence-electron chi connectivity index (χ3n) is 10.5. The minimum absolute atomic E-state index is 1.05. The maximum Gasteiger partial charge on any atom is -0.00140 e. The minimum Gasteiger partial charge on any atom is -0.0871 e. The summed E-state index contributed by atoms with van der Waals surface area (Å²) in [6, 6.07) is 51.6. The topological polar surface area (TPSA) is 0 Å². The number of rotatable bonds is 5. The smallest absolute Gasteiger partial charge is 0.00140 e. The summed E-state index contributed by atoms with van der Waals surface area (Å²) < 4.78 is 0. The number of benzene rings is 8. The first-order chi connectivity index (χ1) is 24.8. The molecule has 0 saturated heterocycles. The molecule has 0 heterocycles. The molecular formula is C50H38. The lowest BCUT2D eigenvalue weighted by molar-refractivity contribution is 1.12. The van der Waals surface area contributed by atoms with Crippen molar-refractivity contribution in [3.63, 3.8) is 0 Å². The molecule has 50 heavy (non-hydrogen) atoms. The fourth-order valence-electron chi connectivity index (χ4n) is 8.54.